The molecule has 0 amide bonds. The Morgan fingerprint density at radius 1 is 1.24 bits per heavy atom. The average molecular weight is 308 g/mol. The highest BCUT2D eigenvalue weighted by Gasteiger charge is 2.22. The van der Waals surface area contributed by atoms with Crippen molar-refractivity contribution < 1.29 is 12.8 Å². The molecule has 0 aliphatic rings. The van der Waals surface area contributed by atoms with E-state index in [1.54, 1.807) is 38.1 Å². The Morgan fingerprint density at radius 3 is 2.52 bits per heavy atom. The maximum Gasteiger partial charge on any atom is 0.241 e. The van der Waals surface area contributed by atoms with Gasteiger partial charge in [-0.15, -0.1) is 0 Å². The lowest BCUT2D eigenvalue weighted by Crippen LogP contribution is -2.27. The van der Waals surface area contributed by atoms with Gasteiger partial charge in [-0.3, -0.25) is 0 Å². The van der Waals surface area contributed by atoms with Crippen molar-refractivity contribution in [3.63, 3.8) is 0 Å². The number of sulfonamides is 1. The van der Waals surface area contributed by atoms with Crippen LogP contribution in [-0.4, -0.2) is 8.42 Å². The van der Waals surface area contributed by atoms with E-state index in [0.29, 0.717) is 17.9 Å². The minimum atomic E-state index is -3.63. The lowest BCUT2D eigenvalue weighted by Gasteiger charge is -2.15. The van der Waals surface area contributed by atoms with Gasteiger partial charge in [0.1, 0.15) is 11.5 Å². The zero-order valence-electron chi connectivity index (χ0n) is 12.4. The van der Waals surface area contributed by atoms with Gasteiger partial charge >= 0.3 is 0 Å². The van der Waals surface area contributed by atoms with Crippen LogP contribution < -0.4 is 10.5 Å². The van der Waals surface area contributed by atoms with Gasteiger partial charge in [0.2, 0.25) is 10.0 Å². The van der Waals surface area contributed by atoms with Gasteiger partial charge in [0, 0.05) is 6.54 Å². The minimum absolute atomic E-state index is 0.251. The van der Waals surface area contributed by atoms with E-state index in [9.17, 15) is 8.42 Å². The summed E-state index contributed by atoms with van der Waals surface area (Å²) >= 11 is 0. The fourth-order valence-electron chi connectivity index (χ4n) is 2.21. The molecule has 21 heavy (non-hydrogen) atoms. The van der Waals surface area contributed by atoms with Crippen molar-refractivity contribution in [2.24, 2.45) is 5.73 Å². The Bertz CT molecular complexity index is 735. The van der Waals surface area contributed by atoms with Crippen molar-refractivity contribution in [3.8, 4) is 0 Å². The fourth-order valence-corrected chi connectivity index (χ4v) is 3.71. The summed E-state index contributed by atoms with van der Waals surface area (Å²) in [7, 11) is -3.63. The van der Waals surface area contributed by atoms with Crippen molar-refractivity contribution in [2.75, 3.05) is 0 Å². The van der Waals surface area contributed by atoms with Crippen molar-refractivity contribution >= 4 is 10.0 Å². The van der Waals surface area contributed by atoms with Crippen LogP contribution in [0.5, 0.6) is 0 Å². The second-order valence-corrected chi connectivity index (χ2v) is 6.72. The van der Waals surface area contributed by atoms with E-state index in [1.807, 2.05) is 13.0 Å². The molecule has 0 radical (unpaired) electrons. The van der Waals surface area contributed by atoms with Crippen LogP contribution in [0.25, 0.3) is 0 Å². The number of nitrogens with one attached hydrogen (secondary N) is 1. The molecule has 0 aliphatic heterocycles. The summed E-state index contributed by atoms with van der Waals surface area (Å²) in [6.45, 7) is 5.64. The topological polar surface area (TPSA) is 85.3 Å². The Labute approximate surface area is 125 Å². The second kappa shape index (κ2) is 6.01. The van der Waals surface area contributed by atoms with E-state index in [2.05, 4.69) is 4.72 Å². The van der Waals surface area contributed by atoms with Gasteiger partial charge < -0.3 is 10.2 Å². The molecule has 0 fully saturated rings. The average Bonchev–Trinajstić information content (AvgIpc) is 2.85. The summed E-state index contributed by atoms with van der Waals surface area (Å²) < 4.78 is 33.1. The lowest BCUT2D eigenvalue weighted by molar-refractivity contribution is 0.441. The molecule has 0 bridgehead atoms. The Kier molecular flexibility index (Phi) is 4.51. The van der Waals surface area contributed by atoms with Crippen LogP contribution in [0.15, 0.2) is 39.6 Å². The van der Waals surface area contributed by atoms with E-state index < -0.39 is 16.1 Å². The highest BCUT2D eigenvalue weighted by atomic mass is 32.2. The van der Waals surface area contributed by atoms with Gasteiger partial charge in [-0.2, -0.15) is 0 Å². The van der Waals surface area contributed by atoms with Crippen molar-refractivity contribution in [2.45, 2.75) is 38.3 Å². The van der Waals surface area contributed by atoms with Gasteiger partial charge in [0.05, 0.1) is 10.9 Å². The molecule has 1 aromatic carbocycles. The first kappa shape index (κ1) is 15.8. The fraction of sp³-hybridized carbons (Fsp3) is 0.333. The van der Waals surface area contributed by atoms with E-state index >= 15 is 0 Å². The molecular weight excluding hydrogens is 288 g/mol. The van der Waals surface area contributed by atoms with Gasteiger partial charge in [-0.05, 0) is 50.1 Å². The first-order valence-corrected chi connectivity index (χ1v) is 8.20. The van der Waals surface area contributed by atoms with Crippen molar-refractivity contribution in [1.29, 1.82) is 0 Å². The summed E-state index contributed by atoms with van der Waals surface area (Å²) in [5, 5.41) is 0. The summed E-state index contributed by atoms with van der Waals surface area (Å²) in [4.78, 5) is 0.251. The Morgan fingerprint density at radius 2 is 1.95 bits per heavy atom. The summed E-state index contributed by atoms with van der Waals surface area (Å²) in [6.07, 6.45) is 0. The van der Waals surface area contributed by atoms with Gasteiger partial charge in [-0.25, -0.2) is 13.1 Å². The molecule has 5 nitrogen and oxygen atoms in total. The van der Waals surface area contributed by atoms with Crippen LogP contribution in [0.2, 0.25) is 0 Å². The molecule has 114 valence electrons. The SMILES string of the molecule is Cc1ccc(C(C)NS(=O)(=O)c2cccc(CN)c2C)o1. The molecule has 0 spiro atoms. The van der Waals surface area contributed by atoms with Crippen LogP contribution in [-0.2, 0) is 16.6 Å². The quantitative estimate of drug-likeness (QED) is 0.888. The molecule has 6 heteroatoms. The van der Waals surface area contributed by atoms with Gasteiger partial charge in [-0.1, -0.05) is 12.1 Å². The monoisotopic (exact) mass is 308 g/mol. The number of aryl methyl sites for hydroxylation is 1. The maximum absolute atomic E-state index is 12.5. The molecule has 1 unspecified atom stereocenters. The summed E-state index contributed by atoms with van der Waals surface area (Å²) in [6, 6.07) is 8.24. The molecule has 0 aliphatic carbocycles. The highest BCUT2D eigenvalue weighted by Crippen LogP contribution is 2.22. The molecule has 0 saturated heterocycles. The maximum atomic E-state index is 12.5. The molecule has 1 atom stereocenters. The first-order chi connectivity index (χ1) is 9.85. The predicted molar refractivity (Wildman–Crippen MR) is 81.3 cm³/mol. The number of furan rings is 1. The van der Waals surface area contributed by atoms with Crippen molar-refractivity contribution in [1.82, 2.24) is 4.72 Å². The minimum Gasteiger partial charge on any atom is -0.465 e. The molecule has 1 heterocycles. The predicted octanol–water partition coefficient (Wildman–Crippen LogP) is 2.39. The molecule has 1 aromatic heterocycles. The summed E-state index contributed by atoms with van der Waals surface area (Å²) in [5.41, 5.74) is 7.12. The van der Waals surface area contributed by atoms with Crippen LogP contribution in [0, 0.1) is 13.8 Å². The molecule has 2 rings (SSSR count). The van der Waals surface area contributed by atoms with Crippen LogP contribution in [0.1, 0.15) is 35.6 Å². The molecular formula is C15H20N2O3S. The number of hydrogen-bond donors (Lipinski definition) is 2. The van der Waals surface area contributed by atoms with E-state index in [4.69, 9.17) is 10.2 Å². The highest BCUT2D eigenvalue weighted by molar-refractivity contribution is 7.89. The Balaban J connectivity index is 2.30. The smallest absolute Gasteiger partial charge is 0.241 e. The van der Waals surface area contributed by atoms with Crippen molar-refractivity contribution in [3.05, 3.63) is 53.0 Å². The van der Waals surface area contributed by atoms with E-state index in [1.165, 1.54) is 0 Å². The molecule has 3 N–H and O–H groups in total. The largest absolute Gasteiger partial charge is 0.465 e. The number of rotatable bonds is 5. The zero-order chi connectivity index (χ0) is 15.6. The van der Waals surface area contributed by atoms with Gasteiger partial charge in [0.25, 0.3) is 0 Å². The number of nitrogens with two attached hydrogens (primary N) is 1. The Hall–Kier alpha value is -1.63. The van der Waals surface area contributed by atoms with E-state index in [0.717, 1.165) is 11.3 Å². The zero-order valence-corrected chi connectivity index (χ0v) is 13.2. The van der Waals surface area contributed by atoms with Crippen LogP contribution in [0.4, 0.5) is 0 Å². The lowest BCUT2D eigenvalue weighted by atomic mass is 10.1. The third-order valence-electron chi connectivity index (χ3n) is 3.43. The number of benzene rings is 1. The normalized spacial score (nSPS) is 13.3. The van der Waals surface area contributed by atoms with Crippen LogP contribution >= 0.6 is 0 Å². The second-order valence-electron chi connectivity index (χ2n) is 5.04. The standard InChI is InChI=1S/C15H20N2O3S/c1-10-7-8-14(20-10)12(3)17-21(18,19)15-6-4-5-13(9-16)11(15)2/h4-8,12,17H,9,16H2,1-3H3. The third-order valence-corrected chi connectivity index (χ3v) is 5.11. The van der Waals surface area contributed by atoms with E-state index in [-0.39, 0.29) is 4.90 Å². The summed E-state index contributed by atoms with van der Waals surface area (Å²) in [5.74, 6) is 1.33. The molecule has 0 saturated carbocycles. The molecule has 2 aromatic rings. The first-order valence-electron chi connectivity index (χ1n) is 6.72. The third kappa shape index (κ3) is 3.34. The van der Waals surface area contributed by atoms with Gasteiger partial charge in [0.15, 0.2) is 0 Å². The number of hydrogen-bond acceptors (Lipinski definition) is 4. The van der Waals surface area contributed by atoms with Crippen LogP contribution in [0.3, 0.4) is 0 Å².